The van der Waals surface area contributed by atoms with Gasteiger partial charge >= 0.3 is 0 Å². The Kier molecular flexibility index (Phi) is 3.34. The van der Waals surface area contributed by atoms with Gasteiger partial charge in [-0.1, -0.05) is 12.1 Å². The largest absolute Gasteiger partial charge is 0.396 e. The quantitative estimate of drug-likeness (QED) is 0.914. The zero-order valence-corrected chi connectivity index (χ0v) is 12.4. The van der Waals surface area contributed by atoms with E-state index in [1.165, 1.54) is 12.8 Å². The van der Waals surface area contributed by atoms with E-state index < -0.39 is 0 Å². The van der Waals surface area contributed by atoms with Crippen LogP contribution >= 0.6 is 0 Å². The SMILES string of the molecule is O=C(NC1C2CCC(C2)C1CO)c1cccc2ncccc12. The van der Waals surface area contributed by atoms with Crippen LogP contribution in [0.15, 0.2) is 36.5 Å². The first-order valence-electron chi connectivity index (χ1n) is 8.03. The fraction of sp³-hybridized carbons (Fsp3) is 0.444. The van der Waals surface area contributed by atoms with Gasteiger partial charge in [-0.2, -0.15) is 0 Å². The van der Waals surface area contributed by atoms with E-state index >= 15 is 0 Å². The van der Waals surface area contributed by atoms with E-state index in [4.69, 9.17) is 0 Å². The average molecular weight is 296 g/mol. The molecule has 2 fully saturated rings. The van der Waals surface area contributed by atoms with Gasteiger partial charge in [-0.15, -0.1) is 0 Å². The van der Waals surface area contributed by atoms with Gasteiger partial charge in [0.05, 0.1) is 5.52 Å². The van der Waals surface area contributed by atoms with Crippen LogP contribution in [0.25, 0.3) is 10.9 Å². The van der Waals surface area contributed by atoms with Crippen LogP contribution in [-0.2, 0) is 0 Å². The minimum atomic E-state index is -0.0467. The zero-order valence-electron chi connectivity index (χ0n) is 12.4. The summed E-state index contributed by atoms with van der Waals surface area (Å²) >= 11 is 0. The molecule has 0 saturated heterocycles. The van der Waals surface area contributed by atoms with Crippen molar-refractivity contribution in [2.75, 3.05) is 6.61 Å². The van der Waals surface area contributed by atoms with E-state index in [2.05, 4.69) is 10.3 Å². The summed E-state index contributed by atoms with van der Waals surface area (Å²) in [5.74, 6) is 1.28. The molecule has 4 atom stereocenters. The second-order valence-corrected chi connectivity index (χ2v) is 6.55. The highest BCUT2D eigenvalue weighted by molar-refractivity contribution is 6.06. The average Bonchev–Trinajstić information content (AvgIpc) is 3.15. The third-order valence-corrected chi connectivity index (χ3v) is 5.49. The van der Waals surface area contributed by atoms with Gasteiger partial charge in [0, 0.05) is 35.7 Å². The Morgan fingerprint density at radius 3 is 2.95 bits per heavy atom. The summed E-state index contributed by atoms with van der Waals surface area (Å²) in [5.41, 5.74) is 1.51. The number of amides is 1. The normalized spacial score (nSPS) is 29.9. The van der Waals surface area contributed by atoms with Crippen molar-refractivity contribution >= 4 is 16.8 Å². The smallest absolute Gasteiger partial charge is 0.252 e. The van der Waals surface area contributed by atoms with Crippen molar-refractivity contribution in [3.63, 3.8) is 0 Å². The molecule has 2 aliphatic carbocycles. The number of hydrogen-bond donors (Lipinski definition) is 2. The number of fused-ring (bicyclic) bond motifs is 3. The summed E-state index contributed by atoms with van der Waals surface area (Å²) in [5, 5.41) is 13.7. The van der Waals surface area contributed by atoms with E-state index in [0.717, 1.165) is 17.3 Å². The summed E-state index contributed by atoms with van der Waals surface area (Å²) in [6, 6.07) is 9.53. The number of aromatic nitrogens is 1. The lowest BCUT2D eigenvalue weighted by atomic mass is 9.85. The molecule has 1 amide bonds. The Hall–Kier alpha value is -1.94. The van der Waals surface area contributed by atoms with Crippen LogP contribution in [0.2, 0.25) is 0 Å². The third kappa shape index (κ3) is 2.10. The lowest BCUT2D eigenvalue weighted by Gasteiger charge is -2.30. The molecule has 22 heavy (non-hydrogen) atoms. The molecule has 1 aromatic carbocycles. The zero-order chi connectivity index (χ0) is 15.1. The third-order valence-electron chi connectivity index (χ3n) is 5.49. The van der Waals surface area contributed by atoms with Crippen molar-refractivity contribution in [3.05, 3.63) is 42.1 Å². The Morgan fingerprint density at radius 2 is 2.09 bits per heavy atom. The van der Waals surface area contributed by atoms with Gasteiger partial charge in [0.15, 0.2) is 0 Å². The van der Waals surface area contributed by atoms with E-state index in [0.29, 0.717) is 17.4 Å². The molecule has 4 rings (SSSR count). The lowest BCUT2D eigenvalue weighted by Crippen LogP contribution is -2.45. The molecule has 2 saturated carbocycles. The van der Waals surface area contributed by atoms with E-state index in [1.807, 2.05) is 30.3 Å². The van der Waals surface area contributed by atoms with Gasteiger partial charge in [-0.25, -0.2) is 0 Å². The van der Waals surface area contributed by atoms with Crippen LogP contribution in [0.5, 0.6) is 0 Å². The highest BCUT2D eigenvalue weighted by Crippen LogP contribution is 2.48. The van der Waals surface area contributed by atoms with E-state index in [1.54, 1.807) is 6.20 Å². The number of aliphatic hydroxyl groups excluding tert-OH is 1. The van der Waals surface area contributed by atoms with Gasteiger partial charge in [-0.05, 0) is 49.3 Å². The summed E-state index contributed by atoms with van der Waals surface area (Å²) in [6.45, 7) is 0.170. The first kappa shape index (κ1) is 13.7. The molecule has 0 spiro atoms. The molecule has 2 aromatic rings. The minimum absolute atomic E-state index is 0.0467. The molecule has 114 valence electrons. The van der Waals surface area contributed by atoms with Crippen LogP contribution < -0.4 is 5.32 Å². The van der Waals surface area contributed by atoms with Crippen LogP contribution in [0.3, 0.4) is 0 Å². The molecule has 1 aromatic heterocycles. The number of nitrogens with one attached hydrogen (secondary N) is 1. The standard InChI is InChI=1S/C18H20N2O2/c21-10-15-11-6-7-12(9-11)17(15)20-18(22)14-3-1-5-16-13(14)4-2-8-19-16/h1-5,8,11-12,15,17,21H,6-7,9-10H2,(H,20,22). The number of pyridine rings is 1. The maximum Gasteiger partial charge on any atom is 0.252 e. The minimum Gasteiger partial charge on any atom is -0.396 e. The van der Waals surface area contributed by atoms with Gasteiger partial charge < -0.3 is 10.4 Å². The Labute approximate surface area is 129 Å². The van der Waals surface area contributed by atoms with Crippen LogP contribution in [0.1, 0.15) is 29.6 Å². The summed E-state index contributed by atoms with van der Waals surface area (Å²) in [6.07, 6.45) is 5.25. The lowest BCUT2D eigenvalue weighted by molar-refractivity contribution is 0.0863. The van der Waals surface area contributed by atoms with E-state index in [-0.39, 0.29) is 24.5 Å². The predicted octanol–water partition coefficient (Wildman–Crippen LogP) is 2.37. The Bertz CT molecular complexity index is 710. The van der Waals surface area contributed by atoms with Crippen molar-refractivity contribution in [3.8, 4) is 0 Å². The van der Waals surface area contributed by atoms with Crippen LogP contribution in [0.4, 0.5) is 0 Å². The number of hydrogen-bond acceptors (Lipinski definition) is 3. The summed E-state index contributed by atoms with van der Waals surface area (Å²) in [4.78, 5) is 17.0. The fourth-order valence-electron chi connectivity index (χ4n) is 4.43. The van der Waals surface area contributed by atoms with Gasteiger partial charge in [0.1, 0.15) is 0 Å². The Morgan fingerprint density at radius 1 is 1.23 bits per heavy atom. The molecule has 1 heterocycles. The number of benzene rings is 1. The second kappa shape index (κ2) is 5.36. The molecule has 0 aliphatic heterocycles. The van der Waals surface area contributed by atoms with Crippen molar-refractivity contribution in [2.24, 2.45) is 17.8 Å². The van der Waals surface area contributed by atoms with Gasteiger partial charge in [-0.3, -0.25) is 9.78 Å². The maximum absolute atomic E-state index is 12.7. The molecular formula is C18H20N2O2. The van der Waals surface area contributed by atoms with Crippen molar-refractivity contribution in [1.29, 1.82) is 0 Å². The van der Waals surface area contributed by atoms with Crippen molar-refractivity contribution in [2.45, 2.75) is 25.3 Å². The second-order valence-electron chi connectivity index (χ2n) is 6.55. The maximum atomic E-state index is 12.7. The number of rotatable bonds is 3. The van der Waals surface area contributed by atoms with Gasteiger partial charge in [0.2, 0.25) is 0 Å². The topological polar surface area (TPSA) is 62.2 Å². The highest BCUT2D eigenvalue weighted by Gasteiger charge is 2.47. The highest BCUT2D eigenvalue weighted by atomic mass is 16.3. The summed E-state index contributed by atoms with van der Waals surface area (Å²) < 4.78 is 0. The van der Waals surface area contributed by atoms with Crippen LogP contribution in [0, 0.1) is 17.8 Å². The monoisotopic (exact) mass is 296 g/mol. The van der Waals surface area contributed by atoms with Crippen molar-refractivity contribution < 1.29 is 9.90 Å². The molecule has 2 bridgehead atoms. The molecule has 4 unspecified atom stereocenters. The molecule has 2 N–H and O–H groups in total. The summed E-state index contributed by atoms with van der Waals surface area (Å²) in [7, 11) is 0. The molecule has 2 aliphatic rings. The first-order valence-corrected chi connectivity index (χ1v) is 8.03. The first-order chi connectivity index (χ1) is 10.8. The fourth-order valence-corrected chi connectivity index (χ4v) is 4.43. The number of nitrogens with zero attached hydrogens (tertiary/aromatic N) is 1. The molecular weight excluding hydrogens is 276 g/mol. The van der Waals surface area contributed by atoms with Crippen LogP contribution in [-0.4, -0.2) is 28.6 Å². The predicted molar refractivity (Wildman–Crippen MR) is 84.4 cm³/mol. The number of carbonyl (C=O) groups excluding carboxylic acids is 1. The van der Waals surface area contributed by atoms with E-state index in [9.17, 15) is 9.90 Å². The molecule has 0 radical (unpaired) electrons. The van der Waals surface area contributed by atoms with Gasteiger partial charge in [0.25, 0.3) is 5.91 Å². The number of aliphatic hydroxyl groups is 1. The Balaban J connectivity index is 1.62. The van der Waals surface area contributed by atoms with Crippen molar-refractivity contribution in [1.82, 2.24) is 10.3 Å². The molecule has 4 heteroatoms. The number of carbonyl (C=O) groups is 1. The molecule has 4 nitrogen and oxygen atoms in total.